The second-order valence-electron chi connectivity index (χ2n) is 2.42. The van der Waals surface area contributed by atoms with Gasteiger partial charge in [0.25, 0.3) is 0 Å². The molecule has 1 unspecified atom stereocenters. The average Bonchev–Trinajstić information content (AvgIpc) is 1.78. The number of aliphatic hydroxyl groups excluding tert-OH is 1. The lowest BCUT2D eigenvalue weighted by molar-refractivity contribution is 0.192. The van der Waals surface area contributed by atoms with Crippen molar-refractivity contribution in [1.82, 2.24) is 5.32 Å². The number of nitrogens with two attached hydrogens (primary N) is 1. The highest BCUT2D eigenvalue weighted by atomic mass is 32.2. The Kier molecular flexibility index (Phi) is 4.58. The molecule has 0 aromatic carbocycles. The van der Waals surface area contributed by atoms with E-state index < -0.39 is 16.1 Å². The van der Waals surface area contributed by atoms with Crippen LogP contribution in [0.25, 0.3) is 0 Å². The largest absolute Gasteiger partial charge is 0.392 e. The lowest BCUT2D eigenvalue weighted by Gasteiger charge is -2.04. The third-order valence-corrected chi connectivity index (χ3v) is 1.78. The van der Waals surface area contributed by atoms with Gasteiger partial charge in [0.1, 0.15) is 0 Å². The van der Waals surface area contributed by atoms with Crippen LogP contribution in [0.5, 0.6) is 0 Å². The van der Waals surface area contributed by atoms with Crippen LogP contribution >= 0.6 is 0 Å². The van der Waals surface area contributed by atoms with Crippen LogP contribution in [-0.2, 0) is 10.0 Å². The fourth-order valence-electron chi connectivity index (χ4n) is 0.525. The molecule has 68 valence electrons. The number of hydrogen-bond donors (Lipinski definition) is 3. The standard InChI is InChI=1S/C5H14N2O3S/c1-5(8)4-7-2-3-11(6,9)10/h5,7-8H,2-4H2,1H3,(H2,6,9,10). The highest BCUT2D eigenvalue weighted by Gasteiger charge is 2.01. The van der Waals surface area contributed by atoms with E-state index in [-0.39, 0.29) is 12.3 Å². The fourth-order valence-corrected chi connectivity index (χ4v) is 0.954. The predicted octanol–water partition coefficient (Wildman–Crippen LogP) is -1.75. The van der Waals surface area contributed by atoms with Gasteiger partial charge < -0.3 is 10.4 Å². The van der Waals surface area contributed by atoms with Crippen molar-refractivity contribution < 1.29 is 13.5 Å². The zero-order valence-electron chi connectivity index (χ0n) is 6.45. The Morgan fingerprint density at radius 1 is 1.64 bits per heavy atom. The third-order valence-electron chi connectivity index (χ3n) is 1.00. The molecule has 0 bridgehead atoms. The van der Waals surface area contributed by atoms with Crippen LogP contribution < -0.4 is 10.5 Å². The zero-order valence-corrected chi connectivity index (χ0v) is 7.26. The number of aliphatic hydroxyl groups is 1. The fraction of sp³-hybridized carbons (Fsp3) is 1.00. The van der Waals surface area contributed by atoms with E-state index in [1.807, 2.05) is 0 Å². The average molecular weight is 182 g/mol. The van der Waals surface area contributed by atoms with Gasteiger partial charge in [0.2, 0.25) is 10.0 Å². The molecule has 0 aliphatic rings. The van der Waals surface area contributed by atoms with Gasteiger partial charge in [0.15, 0.2) is 0 Å². The summed E-state index contributed by atoms with van der Waals surface area (Å²) in [6.07, 6.45) is -0.463. The normalized spacial score (nSPS) is 14.8. The Bertz CT molecular complexity index is 188. The molecular formula is C5H14N2O3S. The monoisotopic (exact) mass is 182 g/mol. The van der Waals surface area contributed by atoms with Crippen molar-refractivity contribution in [3.63, 3.8) is 0 Å². The smallest absolute Gasteiger partial charge is 0.210 e. The van der Waals surface area contributed by atoms with Gasteiger partial charge in [0.05, 0.1) is 11.9 Å². The minimum atomic E-state index is -3.37. The van der Waals surface area contributed by atoms with Crippen LogP contribution in [0.4, 0.5) is 0 Å². The topological polar surface area (TPSA) is 92.4 Å². The molecule has 0 aromatic rings. The van der Waals surface area contributed by atoms with Crippen LogP contribution in [-0.4, -0.2) is 38.5 Å². The molecule has 11 heavy (non-hydrogen) atoms. The lowest BCUT2D eigenvalue weighted by atomic mass is 10.4. The van der Waals surface area contributed by atoms with Gasteiger partial charge in [-0.05, 0) is 6.92 Å². The van der Waals surface area contributed by atoms with Crippen LogP contribution in [0.3, 0.4) is 0 Å². The van der Waals surface area contributed by atoms with Crippen molar-refractivity contribution in [3.05, 3.63) is 0 Å². The Labute approximate surface area is 66.6 Å². The summed E-state index contributed by atoms with van der Waals surface area (Å²) in [6.45, 7) is 2.28. The summed E-state index contributed by atoms with van der Waals surface area (Å²) in [5, 5.41) is 16.2. The van der Waals surface area contributed by atoms with Crippen LogP contribution in [0.15, 0.2) is 0 Å². The number of primary sulfonamides is 1. The SMILES string of the molecule is CC(O)CNCCS(N)(=O)=O. The van der Waals surface area contributed by atoms with E-state index in [4.69, 9.17) is 10.2 Å². The molecule has 0 heterocycles. The summed E-state index contributed by atoms with van der Waals surface area (Å²) in [6, 6.07) is 0. The minimum absolute atomic E-state index is 0.0975. The number of rotatable bonds is 5. The molecular weight excluding hydrogens is 168 g/mol. The molecule has 6 heteroatoms. The summed E-state index contributed by atoms with van der Waals surface area (Å²) in [4.78, 5) is 0. The maximum Gasteiger partial charge on any atom is 0.210 e. The molecule has 0 aromatic heterocycles. The molecule has 4 N–H and O–H groups in total. The van der Waals surface area contributed by atoms with Crippen molar-refractivity contribution in [1.29, 1.82) is 0 Å². The number of hydrogen-bond acceptors (Lipinski definition) is 4. The quantitative estimate of drug-likeness (QED) is 0.439. The first kappa shape index (κ1) is 10.8. The van der Waals surface area contributed by atoms with Crippen molar-refractivity contribution in [3.8, 4) is 0 Å². The molecule has 1 atom stereocenters. The molecule has 0 radical (unpaired) electrons. The zero-order chi connectivity index (χ0) is 8.91. The molecule has 5 nitrogen and oxygen atoms in total. The van der Waals surface area contributed by atoms with E-state index in [0.29, 0.717) is 6.54 Å². The number of sulfonamides is 1. The molecule has 0 aliphatic heterocycles. The molecule has 0 spiro atoms. The van der Waals surface area contributed by atoms with Gasteiger partial charge in [-0.1, -0.05) is 0 Å². The predicted molar refractivity (Wildman–Crippen MR) is 42.5 cm³/mol. The van der Waals surface area contributed by atoms with Crippen molar-refractivity contribution in [2.45, 2.75) is 13.0 Å². The summed E-state index contributed by atoms with van der Waals surface area (Å²) < 4.78 is 20.7. The third kappa shape index (κ3) is 9.83. The van der Waals surface area contributed by atoms with Gasteiger partial charge in [-0.2, -0.15) is 0 Å². The molecule has 0 saturated heterocycles. The maximum atomic E-state index is 10.4. The van der Waals surface area contributed by atoms with Gasteiger partial charge >= 0.3 is 0 Å². The summed E-state index contributed by atoms with van der Waals surface area (Å²) in [7, 11) is -3.37. The van der Waals surface area contributed by atoms with Crippen LogP contribution in [0.1, 0.15) is 6.92 Å². The van der Waals surface area contributed by atoms with E-state index in [1.54, 1.807) is 6.92 Å². The van der Waals surface area contributed by atoms with Crippen molar-refractivity contribution in [2.24, 2.45) is 5.14 Å². The minimum Gasteiger partial charge on any atom is -0.392 e. The van der Waals surface area contributed by atoms with Gasteiger partial charge in [-0.3, -0.25) is 0 Å². The number of nitrogens with one attached hydrogen (secondary N) is 1. The Hall–Kier alpha value is -0.170. The Balaban J connectivity index is 3.30. The molecule has 0 amide bonds. The lowest BCUT2D eigenvalue weighted by Crippen LogP contribution is -2.31. The summed E-state index contributed by atoms with van der Waals surface area (Å²) in [5.74, 6) is -0.0975. The summed E-state index contributed by atoms with van der Waals surface area (Å²) >= 11 is 0. The second-order valence-corrected chi connectivity index (χ2v) is 4.15. The molecule has 0 fully saturated rings. The van der Waals surface area contributed by atoms with Crippen molar-refractivity contribution in [2.75, 3.05) is 18.8 Å². The highest BCUT2D eigenvalue weighted by Crippen LogP contribution is 1.77. The van der Waals surface area contributed by atoms with Crippen LogP contribution in [0, 0.1) is 0 Å². The Morgan fingerprint density at radius 3 is 2.55 bits per heavy atom. The van der Waals surface area contributed by atoms with Gasteiger partial charge in [-0.25, -0.2) is 13.6 Å². The van der Waals surface area contributed by atoms with E-state index >= 15 is 0 Å². The first-order valence-corrected chi connectivity index (χ1v) is 5.02. The molecule has 0 saturated carbocycles. The first-order chi connectivity index (χ1) is 4.92. The summed E-state index contributed by atoms with van der Waals surface area (Å²) in [5.41, 5.74) is 0. The molecule has 0 aliphatic carbocycles. The molecule has 0 rings (SSSR count). The van der Waals surface area contributed by atoms with E-state index in [1.165, 1.54) is 0 Å². The second kappa shape index (κ2) is 4.66. The van der Waals surface area contributed by atoms with E-state index in [2.05, 4.69) is 5.32 Å². The first-order valence-electron chi connectivity index (χ1n) is 3.31. The van der Waals surface area contributed by atoms with Gasteiger partial charge in [0, 0.05) is 13.1 Å². The van der Waals surface area contributed by atoms with Crippen LogP contribution in [0.2, 0.25) is 0 Å². The van der Waals surface area contributed by atoms with E-state index in [9.17, 15) is 8.42 Å². The highest BCUT2D eigenvalue weighted by molar-refractivity contribution is 7.89. The Morgan fingerprint density at radius 2 is 2.18 bits per heavy atom. The van der Waals surface area contributed by atoms with Gasteiger partial charge in [-0.15, -0.1) is 0 Å². The van der Waals surface area contributed by atoms with Crippen molar-refractivity contribution >= 4 is 10.0 Å². The maximum absolute atomic E-state index is 10.4. The van der Waals surface area contributed by atoms with E-state index in [0.717, 1.165) is 0 Å².